The number of hydrogen-bond donors (Lipinski definition) is 3. The molecule has 100 valence electrons. The molecule has 3 N–H and O–H groups in total. The Hall–Kier alpha value is -1.43. The van der Waals surface area contributed by atoms with Gasteiger partial charge in [0.1, 0.15) is 0 Å². The molecule has 0 aliphatic rings. The Morgan fingerprint density at radius 3 is 2.83 bits per heavy atom. The lowest BCUT2D eigenvalue weighted by atomic mass is 10.1. The summed E-state index contributed by atoms with van der Waals surface area (Å²) in [6.07, 6.45) is 0.0838. The Morgan fingerprint density at radius 1 is 1.44 bits per heavy atom. The average molecular weight is 253 g/mol. The van der Waals surface area contributed by atoms with E-state index in [1.165, 1.54) is 0 Å². The lowest BCUT2D eigenvalue weighted by Gasteiger charge is -2.11. The second-order valence-corrected chi connectivity index (χ2v) is 4.04. The van der Waals surface area contributed by atoms with Gasteiger partial charge in [0.15, 0.2) is 0 Å². The molecule has 1 aromatic carbocycles. The predicted molar refractivity (Wildman–Crippen MR) is 67.6 cm³/mol. The van der Waals surface area contributed by atoms with Crippen LogP contribution in [0.4, 0.5) is 0 Å². The summed E-state index contributed by atoms with van der Waals surface area (Å²) in [5.74, 6) is -0.924. The molecule has 0 saturated carbocycles. The third-order valence-electron chi connectivity index (χ3n) is 2.58. The molecule has 0 bridgehead atoms. The van der Waals surface area contributed by atoms with Crippen molar-refractivity contribution in [3.05, 3.63) is 35.4 Å². The van der Waals surface area contributed by atoms with Crippen molar-refractivity contribution >= 4 is 5.97 Å². The Kier molecular flexibility index (Phi) is 6.35. The molecule has 0 spiro atoms. The number of nitrogens with one attached hydrogen (secondary N) is 1. The van der Waals surface area contributed by atoms with E-state index >= 15 is 0 Å². The number of methoxy groups -OCH3 is 1. The van der Waals surface area contributed by atoms with E-state index in [0.717, 1.165) is 5.56 Å². The maximum Gasteiger partial charge on any atom is 0.336 e. The topological polar surface area (TPSA) is 78.8 Å². The summed E-state index contributed by atoms with van der Waals surface area (Å²) in [5, 5.41) is 21.5. The number of benzene rings is 1. The van der Waals surface area contributed by atoms with E-state index in [2.05, 4.69) is 5.32 Å². The van der Waals surface area contributed by atoms with Gasteiger partial charge in [-0.3, -0.25) is 0 Å². The van der Waals surface area contributed by atoms with Crippen LogP contribution in [0.25, 0.3) is 0 Å². The fourth-order valence-electron chi connectivity index (χ4n) is 1.65. The van der Waals surface area contributed by atoms with Crippen molar-refractivity contribution in [1.82, 2.24) is 5.32 Å². The van der Waals surface area contributed by atoms with Crippen LogP contribution in [0.3, 0.4) is 0 Å². The molecule has 18 heavy (non-hydrogen) atoms. The van der Waals surface area contributed by atoms with Gasteiger partial charge in [-0.2, -0.15) is 0 Å². The van der Waals surface area contributed by atoms with Crippen molar-refractivity contribution in [3.63, 3.8) is 0 Å². The molecular formula is C13H19NO4. The zero-order valence-electron chi connectivity index (χ0n) is 10.4. The van der Waals surface area contributed by atoms with E-state index in [9.17, 15) is 9.90 Å². The number of hydrogen-bond acceptors (Lipinski definition) is 4. The first-order valence-corrected chi connectivity index (χ1v) is 5.84. The van der Waals surface area contributed by atoms with Crippen molar-refractivity contribution in [2.75, 3.05) is 20.3 Å². The SMILES string of the molecule is COCC(O)CCNCc1ccccc1C(=O)O. The molecular weight excluding hydrogens is 234 g/mol. The van der Waals surface area contributed by atoms with Gasteiger partial charge in [0.25, 0.3) is 0 Å². The molecule has 1 unspecified atom stereocenters. The second kappa shape index (κ2) is 7.81. The van der Waals surface area contributed by atoms with Crippen molar-refractivity contribution in [2.24, 2.45) is 0 Å². The van der Waals surface area contributed by atoms with Crippen LogP contribution >= 0.6 is 0 Å². The van der Waals surface area contributed by atoms with Gasteiger partial charge in [0.05, 0.1) is 18.3 Å². The number of carboxylic acid groups (broad SMARTS) is 1. The number of aromatic carboxylic acids is 1. The van der Waals surface area contributed by atoms with Crippen LogP contribution in [0.2, 0.25) is 0 Å². The monoisotopic (exact) mass is 253 g/mol. The lowest BCUT2D eigenvalue weighted by molar-refractivity contribution is 0.0593. The molecule has 1 rings (SSSR count). The highest BCUT2D eigenvalue weighted by Gasteiger charge is 2.08. The minimum absolute atomic E-state index is 0.308. The summed E-state index contributed by atoms with van der Waals surface area (Å²) in [6.45, 7) is 1.40. The minimum atomic E-state index is -0.924. The quantitative estimate of drug-likeness (QED) is 0.599. The maximum absolute atomic E-state index is 11.0. The van der Waals surface area contributed by atoms with Crippen LogP contribution < -0.4 is 5.32 Å². The van der Waals surface area contributed by atoms with Gasteiger partial charge in [-0.25, -0.2) is 4.79 Å². The largest absolute Gasteiger partial charge is 0.478 e. The normalized spacial score (nSPS) is 12.3. The molecule has 0 amide bonds. The molecule has 1 atom stereocenters. The highest BCUT2D eigenvalue weighted by Crippen LogP contribution is 2.08. The van der Waals surface area contributed by atoms with Crippen LogP contribution in [0.15, 0.2) is 24.3 Å². The van der Waals surface area contributed by atoms with E-state index < -0.39 is 12.1 Å². The van der Waals surface area contributed by atoms with Gasteiger partial charge in [0, 0.05) is 13.7 Å². The molecule has 0 aromatic heterocycles. The summed E-state index contributed by atoms with van der Waals surface area (Å²) >= 11 is 0. The van der Waals surface area contributed by atoms with E-state index in [1.807, 2.05) is 6.07 Å². The van der Waals surface area contributed by atoms with Crippen molar-refractivity contribution in [3.8, 4) is 0 Å². The van der Waals surface area contributed by atoms with Crippen LogP contribution in [-0.4, -0.2) is 42.5 Å². The fourth-order valence-corrected chi connectivity index (χ4v) is 1.65. The number of carboxylic acids is 1. The number of carbonyl (C=O) groups is 1. The van der Waals surface area contributed by atoms with Crippen LogP contribution in [0, 0.1) is 0 Å². The van der Waals surface area contributed by atoms with Crippen molar-refractivity contribution in [1.29, 1.82) is 0 Å². The first-order valence-electron chi connectivity index (χ1n) is 5.84. The number of rotatable bonds is 8. The summed E-state index contributed by atoms with van der Waals surface area (Å²) < 4.78 is 4.81. The zero-order chi connectivity index (χ0) is 13.4. The van der Waals surface area contributed by atoms with Gasteiger partial charge in [0.2, 0.25) is 0 Å². The summed E-state index contributed by atoms with van der Waals surface area (Å²) in [6, 6.07) is 6.87. The summed E-state index contributed by atoms with van der Waals surface area (Å²) in [5.41, 5.74) is 1.05. The Labute approximate surface area is 106 Å². The van der Waals surface area contributed by atoms with Crippen molar-refractivity contribution in [2.45, 2.75) is 19.1 Å². The highest BCUT2D eigenvalue weighted by molar-refractivity contribution is 5.89. The summed E-state index contributed by atoms with van der Waals surface area (Å²) in [4.78, 5) is 11.0. The van der Waals surface area contributed by atoms with Gasteiger partial charge in [-0.15, -0.1) is 0 Å². The molecule has 1 aromatic rings. The Bertz CT molecular complexity index is 381. The lowest BCUT2D eigenvalue weighted by Crippen LogP contribution is -2.23. The number of ether oxygens (including phenoxy) is 1. The Morgan fingerprint density at radius 2 is 2.17 bits per heavy atom. The minimum Gasteiger partial charge on any atom is -0.478 e. The third kappa shape index (κ3) is 4.83. The molecule has 0 saturated heterocycles. The Balaban J connectivity index is 2.37. The van der Waals surface area contributed by atoms with Crippen LogP contribution in [-0.2, 0) is 11.3 Å². The fraction of sp³-hybridized carbons (Fsp3) is 0.462. The van der Waals surface area contributed by atoms with E-state index in [-0.39, 0.29) is 0 Å². The van der Waals surface area contributed by atoms with Gasteiger partial charge >= 0.3 is 5.97 Å². The van der Waals surface area contributed by atoms with Crippen LogP contribution in [0.5, 0.6) is 0 Å². The molecule has 0 fully saturated rings. The standard InChI is InChI=1S/C13H19NO4/c1-18-9-11(15)6-7-14-8-10-4-2-3-5-12(10)13(16)17/h2-5,11,14-15H,6-9H2,1H3,(H,16,17). The van der Waals surface area contributed by atoms with E-state index in [0.29, 0.717) is 31.7 Å². The summed E-state index contributed by atoms with van der Waals surface area (Å²) in [7, 11) is 1.54. The first kappa shape index (κ1) is 14.6. The van der Waals surface area contributed by atoms with E-state index in [1.54, 1.807) is 25.3 Å². The first-order chi connectivity index (χ1) is 8.65. The second-order valence-electron chi connectivity index (χ2n) is 4.04. The molecule has 0 aliphatic carbocycles. The van der Waals surface area contributed by atoms with E-state index in [4.69, 9.17) is 9.84 Å². The predicted octanol–water partition coefficient (Wildman–Crippen LogP) is 0.872. The highest BCUT2D eigenvalue weighted by atomic mass is 16.5. The molecule has 0 radical (unpaired) electrons. The van der Waals surface area contributed by atoms with Crippen molar-refractivity contribution < 1.29 is 19.7 Å². The number of aliphatic hydroxyl groups is 1. The number of aliphatic hydroxyl groups excluding tert-OH is 1. The molecule has 5 nitrogen and oxygen atoms in total. The van der Waals surface area contributed by atoms with Gasteiger partial charge < -0.3 is 20.3 Å². The molecule has 0 heterocycles. The van der Waals surface area contributed by atoms with Crippen LogP contribution in [0.1, 0.15) is 22.3 Å². The zero-order valence-corrected chi connectivity index (χ0v) is 10.4. The third-order valence-corrected chi connectivity index (χ3v) is 2.58. The molecule has 0 aliphatic heterocycles. The average Bonchev–Trinajstić information content (AvgIpc) is 2.35. The molecule has 5 heteroatoms. The smallest absolute Gasteiger partial charge is 0.336 e. The van der Waals surface area contributed by atoms with Gasteiger partial charge in [-0.05, 0) is 24.6 Å². The maximum atomic E-state index is 11.0. The van der Waals surface area contributed by atoms with Gasteiger partial charge in [-0.1, -0.05) is 18.2 Å².